The van der Waals surface area contributed by atoms with Crippen LogP contribution in [0.25, 0.3) is 0 Å². The van der Waals surface area contributed by atoms with E-state index >= 15 is 0 Å². The van der Waals surface area contributed by atoms with E-state index in [1.54, 1.807) is 6.92 Å². The van der Waals surface area contributed by atoms with E-state index in [1.165, 1.54) is 25.3 Å². The summed E-state index contributed by atoms with van der Waals surface area (Å²) in [6.45, 7) is 1.67. The van der Waals surface area contributed by atoms with Gasteiger partial charge in [0.25, 0.3) is 0 Å². The molecule has 102 valence electrons. The molecule has 0 aliphatic carbocycles. The second-order valence-electron chi connectivity index (χ2n) is 3.59. The lowest BCUT2D eigenvalue weighted by Crippen LogP contribution is -2.20. The first-order valence-electron chi connectivity index (χ1n) is 5.56. The Labute approximate surface area is 115 Å². The normalized spacial score (nSPS) is 9.84. The predicted molar refractivity (Wildman–Crippen MR) is 68.6 cm³/mol. The highest BCUT2D eigenvalue weighted by molar-refractivity contribution is 6.38. The zero-order valence-corrected chi connectivity index (χ0v) is 11.3. The second kappa shape index (κ2) is 6.89. The maximum absolute atomic E-state index is 11.8. The minimum Gasteiger partial charge on any atom is -0.495 e. The van der Waals surface area contributed by atoms with Crippen molar-refractivity contribution in [1.82, 2.24) is 0 Å². The molecule has 0 N–H and O–H groups in total. The van der Waals surface area contributed by atoms with Crippen molar-refractivity contribution in [3.63, 3.8) is 0 Å². The molecule has 0 spiro atoms. The highest BCUT2D eigenvalue weighted by atomic mass is 35.5. The van der Waals surface area contributed by atoms with E-state index in [4.69, 9.17) is 16.3 Å². The van der Waals surface area contributed by atoms with Crippen LogP contribution in [-0.2, 0) is 14.3 Å². The van der Waals surface area contributed by atoms with Crippen molar-refractivity contribution in [2.24, 2.45) is 0 Å². The van der Waals surface area contributed by atoms with Crippen LogP contribution in [0.4, 0.5) is 0 Å². The number of ether oxygens (including phenoxy) is 2. The van der Waals surface area contributed by atoms with Crippen LogP contribution >= 0.6 is 11.6 Å². The summed E-state index contributed by atoms with van der Waals surface area (Å²) < 4.78 is 9.46. The molecule has 5 nitrogen and oxygen atoms in total. The van der Waals surface area contributed by atoms with Crippen LogP contribution in [0.5, 0.6) is 5.75 Å². The molecule has 1 rings (SSSR count). The number of carbonyl (C=O) groups is 3. The smallest absolute Gasteiger partial charge is 0.375 e. The molecule has 0 saturated carbocycles. The van der Waals surface area contributed by atoms with E-state index in [0.29, 0.717) is 5.75 Å². The van der Waals surface area contributed by atoms with Crippen LogP contribution in [0.15, 0.2) is 18.2 Å². The molecule has 0 aliphatic rings. The lowest BCUT2D eigenvalue weighted by Gasteiger charge is -2.05. The van der Waals surface area contributed by atoms with Crippen molar-refractivity contribution in [3.8, 4) is 5.75 Å². The van der Waals surface area contributed by atoms with Gasteiger partial charge in [-0.3, -0.25) is 9.59 Å². The fraction of sp³-hybridized carbons (Fsp3) is 0.308. The Morgan fingerprint density at radius 2 is 1.95 bits per heavy atom. The van der Waals surface area contributed by atoms with Gasteiger partial charge in [-0.15, -0.1) is 0 Å². The summed E-state index contributed by atoms with van der Waals surface area (Å²) in [5.74, 6) is -1.95. The predicted octanol–water partition coefficient (Wildman–Crippen LogP) is 2.05. The quantitative estimate of drug-likeness (QED) is 0.346. The summed E-state index contributed by atoms with van der Waals surface area (Å²) in [6.07, 6.45) is -0.540. The van der Waals surface area contributed by atoms with Crippen LogP contribution in [0, 0.1) is 0 Å². The van der Waals surface area contributed by atoms with Crippen molar-refractivity contribution in [2.75, 3.05) is 13.7 Å². The summed E-state index contributed by atoms with van der Waals surface area (Å²) in [7, 11) is 1.45. The topological polar surface area (TPSA) is 69.7 Å². The molecular formula is C13H13ClO5. The van der Waals surface area contributed by atoms with Gasteiger partial charge in [-0.05, 0) is 25.1 Å². The molecule has 0 fully saturated rings. The van der Waals surface area contributed by atoms with Crippen molar-refractivity contribution >= 4 is 29.1 Å². The van der Waals surface area contributed by atoms with Gasteiger partial charge >= 0.3 is 5.97 Å². The van der Waals surface area contributed by atoms with Crippen molar-refractivity contribution in [1.29, 1.82) is 0 Å². The molecular weight excluding hydrogens is 272 g/mol. The molecule has 0 aliphatic heterocycles. The molecule has 0 heterocycles. The summed E-state index contributed by atoms with van der Waals surface area (Å²) in [5, 5.41) is 0.261. The molecule has 1 aromatic rings. The van der Waals surface area contributed by atoms with Gasteiger partial charge in [-0.1, -0.05) is 11.6 Å². The number of methoxy groups -OCH3 is 1. The Morgan fingerprint density at radius 3 is 2.47 bits per heavy atom. The van der Waals surface area contributed by atoms with Crippen molar-refractivity contribution in [2.45, 2.75) is 13.3 Å². The van der Waals surface area contributed by atoms with Gasteiger partial charge in [0.2, 0.25) is 5.78 Å². The zero-order chi connectivity index (χ0) is 14.4. The van der Waals surface area contributed by atoms with E-state index < -0.39 is 24.0 Å². The van der Waals surface area contributed by atoms with E-state index in [1.807, 2.05) is 0 Å². The average molecular weight is 285 g/mol. The molecule has 19 heavy (non-hydrogen) atoms. The molecule has 1 aromatic carbocycles. The standard InChI is InChI=1S/C13H13ClO5/c1-3-19-13(17)11(16)7-10(15)8-4-5-12(18-2)9(14)6-8/h4-6H,3,7H2,1-2H3. The highest BCUT2D eigenvalue weighted by Crippen LogP contribution is 2.25. The van der Waals surface area contributed by atoms with Gasteiger partial charge < -0.3 is 9.47 Å². The minimum absolute atomic E-state index is 0.0904. The molecule has 6 heteroatoms. The molecule has 0 aromatic heterocycles. The second-order valence-corrected chi connectivity index (χ2v) is 4.00. The van der Waals surface area contributed by atoms with Crippen molar-refractivity contribution in [3.05, 3.63) is 28.8 Å². The molecule has 0 unspecified atom stereocenters. The van der Waals surface area contributed by atoms with E-state index in [2.05, 4.69) is 4.74 Å². The highest BCUT2D eigenvalue weighted by Gasteiger charge is 2.20. The maximum atomic E-state index is 11.8. The largest absolute Gasteiger partial charge is 0.495 e. The number of halogens is 1. The number of rotatable bonds is 6. The Hall–Kier alpha value is -1.88. The van der Waals surface area contributed by atoms with Crippen LogP contribution < -0.4 is 4.74 Å². The Kier molecular flexibility index (Phi) is 5.51. The van der Waals surface area contributed by atoms with Gasteiger partial charge in [0, 0.05) is 5.56 Å². The number of Topliss-reactive ketones (excluding diaryl/α,β-unsaturated/α-hetero) is 2. The third-order valence-corrected chi connectivity index (χ3v) is 2.59. The van der Waals surface area contributed by atoms with E-state index in [-0.39, 0.29) is 17.2 Å². The molecule has 0 atom stereocenters. The first-order valence-corrected chi connectivity index (χ1v) is 5.94. The monoisotopic (exact) mass is 284 g/mol. The SMILES string of the molecule is CCOC(=O)C(=O)CC(=O)c1ccc(OC)c(Cl)c1. The van der Waals surface area contributed by atoms with Crippen LogP contribution in [0.3, 0.4) is 0 Å². The Balaban J connectivity index is 2.76. The number of hydrogen-bond acceptors (Lipinski definition) is 5. The Morgan fingerprint density at radius 1 is 1.26 bits per heavy atom. The summed E-state index contributed by atoms with van der Waals surface area (Å²) >= 11 is 5.87. The molecule has 0 amide bonds. The number of carbonyl (C=O) groups excluding carboxylic acids is 3. The summed E-state index contributed by atoms with van der Waals surface area (Å²) in [6, 6.07) is 4.39. The summed E-state index contributed by atoms with van der Waals surface area (Å²) in [5.41, 5.74) is 0.239. The fourth-order valence-corrected chi connectivity index (χ4v) is 1.63. The van der Waals surface area contributed by atoms with E-state index in [9.17, 15) is 14.4 Å². The molecule has 0 bridgehead atoms. The first-order chi connectivity index (χ1) is 8.99. The van der Waals surface area contributed by atoms with Gasteiger partial charge in [-0.25, -0.2) is 4.79 Å². The van der Waals surface area contributed by atoms with Crippen LogP contribution in [0.1, 0.15) is 23.7 Å². The molecule has 0 saturated heterocycles. The van der Waals surface area contributed by atoms with Crippen LogP contribution in [-0.4, -0.2) is 31.3 Å². The van der Waals surface area contributed by atoms with Gasteiger partial charge in [0.05, 0.1) is 25.2 Å². The lowest BCUT2D eigenvalue weighted by atomic mass is 10.1. The van der Waals surface area contributed by atoms with Gasteiger partial charge in [0.1, 0.15) is 5.75 Å². The lowest BCUT2D eigenvalue weighted by molar-refractivity contribution is -0.153. The van der Waals surface area contributed by atoms with E-state index in [0.717, 1.165) is 0 Å². The number of esters is 1. The van der Waals surface area contributed by atoms with Crippen molar-refractivity contribution < 1.29 is 23.9 Å². The summed E-state index contributed by atoms with van der Waals surface area (Å²) in [4.78, 5) is 34.3. The van der Waals surface area contributed by atoms with Gasteiger partial charge in [0.15, 0.2) is 5.78 Å². The van der Waals surface area contributed by atoms with Crippen LogP contribution in [0.2, 0.25) is 5.02 Å². The maximum Gasteiger partial charge on any atom is 0.375 e. The zero-order valence-electron chi connectivity index (χ0n) is 10.6. The third-order valence-electron chi connectivity index (χ3n) is 2.30. The number of benzene rings is 1. The fourth-order valence-electron chi connectivity index (χ4n) is 1.37. The Bertz CT molecular complexity index is 510. The minimum atomic E-state index is -1.00. The van der Waals surface area contributed by atoms with Gasteiger partial charge in [-0.2, -0.15) is 0 Å². The number of hydrogen-bond donors (Lipinski definition) is 0. The number of ketones is 2. The first kappa shape index (κ1) is 15.2. The average Bonchev–Trinajstić information content (AvgIpc) is 2.38. The third kappa shape index (κ3) is 4.06. The molecule has 0 radical (unpaired) electrons.